The zero-order chi connectivity index (χ0) is 10.8. The SMILES string of the molecule is COc1cc(OC)c2ncc(C)cc2c1. The molecule has 0 aliphatic heterocycles. The molecule has 2 rings (SSSR count). The minimum atomic E-state index is 0.740. The topological polar surface area (TPSA) is 31.4 Å². The van der Waals surface area contributed by atoms with Crippen molar-refractivity contribution in [2.24, 2.45) is 0 Å². The molecule has 0 unspecified atom stereocenters. The smallest absolute Gasteiger partial charge is 0.148 e. The second-order valence-electron chi connectivity index (χ2n) is 3.41. The summed E-state index contributed by atoms with van der Waals surface area (Å²) in [7, 11) is 3.28. The Kier molecular flexibility index (Phi) is 2.46. The van der Waals surface area contributed by atoms with Gasteiger partial charge in [0.25, 0.3) is 0 Å². The second-order valence-corrected chi connectivity index (χ2v) is 3.41. The number of hydrogen-bond acceptors (Lipinski definition) is 3. The molecule has 1 heterocycles. The standard InChI is InChI=1S/C12H13NO2/c1-8-4-9-5-10(14-2)6-11(15-3)12(9)13-7-8/h4-7H,1-3H3. The van der Waals surface area contributed by atoms with E-state index < -0.39 is 0 Å². The number of rotatable bonds is 2. The van der Waals surface area contributed by atoms with Gasteiger partial charge in [0.1, 0.15) is 17.0 Å². The molecule has 0 saturated heterocycles. The number of hydrogen-bond donors (Lipinski definition) is 0. The molecule has 3 heteroatoms. The van der Waals surface area contributed by atoms with Crippen LogP contribution >= 0.6 is 0 Å². The number of fused-ring (bicyclic) bond motifs is 1. The van der Waals surface area contributed by atoms with Gasteiger partial charge in [0, 0.05) is 17.6 Å². The molecule has 0 aliphatic carbocycles. The molecule has 0 fully saturated rings. The van der Waals surface area contributed by atoms with Crippen LogP contribution < -0.4 is 9.47 Å². The van der Waals surface area contributed by atoms with Crippen molar-refractivity contribution in [2.45, 2.75) is 6.92 Å². The van der Waals surface area contributed by atoms with Gasteiger partial charge in [0.05, 0.1) is 14.2 Å². The molecular formula is C12H13NO2. The third-order valence-corrected chi connectivity index (χ3v) is 2.31. The van der Waals surface area contributed by atoms with Crippen molar-refractivity contribution < 1.29 is 9.47 Å². The lowest BCUT2D eigenvalue weighted by Gasteiger charge is -2.08. The highest BCUT2D eigenvalue weighted by atomic mass is 16.5. The summed E-state index contributed by atoms with van der Waals surface area (Å²) in [5.74, 6) is 1.52. The van der Waals surface area contributed by atoms with Crippen LogP contribution in [0.2, 0.25) is 0 Å². The highest BCUT2D eigenvalue weighted by molar-refractivity contribution is 5.86. The third-order valence-electron chi connectivity index (χ3n) is 2.31. The summed E-state index contributed by atoms with van der Waals surface area (Å²) >= 11 is 0. The molecule has 0 saturated carbocycles. The fourth-order valence-corrected chi connectivity index (χ4v) is 1.57. The number of pyridine rings is 1. The average Bonchev–Trinajstić information content (AvgIpc) is 2.26. The molecule has 1 aromatic carbocycles. The maximum absolute atomic E-state index is 5.27. The monoisotopic (exact) mass is 203 g/mol. The molecule has 0 amide bonds. The minimum absolute atomic E-state index is 0.740. The average molecular weight is 203 g/mol. The first-order valence-electron chi connectivity index (χ1n) is 4.73. The lowest BCUT2D eigenvalue weighted by molar-refractivity contribution is 0.397. The van der Waals surface area contributed by atoms with Crippen molar-refractivity contribution in [3.8, 4) is 11.5 Å². The van der Waals surface area contributed by atoms with Crippen molar-refractivity contribution in [3.05, 3.63) is 30.0 Å². The van der Waals surface area contributed by atoms with Crippen molar-refractivity contribution in [1.82, 2.24) is 4.98 Å². The van der Waals surface area contributed by atoms with Gasteiger partial charge in [-0.25, -0.2) is 0 Å². The van der Waals surface area contributed by atoms with E-state index in [2.05, 4.69) is 11.1 Å². The Labute approximate surface area is 88.7 Å². The summed E-state index contributed by atoms with van der Waals surface area (Å²) < 4.78 is 10.5. The van der Waals surface area contributed by atoms with Gasteiger partial charge in [-0.1, -0.05) is 0 Å². The van der Waals surface area contributed by atoms with E-state index in [0.29, 0.717) is 0 Å². The predicted octanol–water partition coefficient (Wildman–Crippen LogP) is 2.56. The lowest BCUT2D eigenvalue weighted by Crippen LogP contribution is -1.91. The molecule has 78 valence electrons. The molecular weight excluding hydrogens is 190 g/mol. The van der Waals surface area contributed by atoms with Crippen molar-refractivity contribution >= 4 is 10.9 Å². The molecule has 1 aromatic heterocycles. The van der Waals surface area contributed by atoms with Crippen LogP contribution in [0.4, 0.5) is 0 Å². The van der Waals surface area contributed by atoms with E-state index in [1.807, 2.05) is 25.3 Å². The van der Waals surface area contributed by atoms with E-state index in [0.717, 1.165) is 28.0 Å². The lowest BCUT2D eigenvalue weighted by atomic mass is 10.1. The van der Waals surface area contributed by atoms with E-state index in [9.17, 15) is 0 Å². The molecule has 0 spiro atoms. The van der Waals surface area contributed by atoms with Crippen LogP contribution in [0.25, 0.3) is 10.9 Å². The molecule has 15 heavy (non-hydrogen) atoms. The number of nitrogens with zero attached hydrogens (tertiary/aromatic N) is 1. The normalized spacial score (nSPS) is 10.3. The zero-order valence-electron chi connectivity index (χ0n) is 9.07. The van der Waals surface area contributed by atoms with Crippen LogP contribution in [0.3, 0.4) is 0 Å². The first kappa shape index (κ1) is 9.77. The minimum Gasteiger partial charge on any atom is -0.497 e. The highest BCUT2D eigenvalue weighted by Gasteiger charge is 2.06. The third kappa shape index (κ3) is 1.73. The number of methoxy groups -OCH3 is 2. The molecule has 0 aliphatic rings. The van der Waals surface area contributed by atoms with Crippen LogP contribution in [0.5, 0.6) is 11.5 Å². The Bertz CT molecular complexity index is 494. The highest BCUT2D eigenvalue weighted by Crippen LogP contribution is 2.29. The summed E-state index contributed by atoms with van der Waals surface area (Å²) in [6.07, 6.45) is 1.83. The van der Waals surface area contributed by atoms with E-state index in [1.54, 1.807) is 14.2 Å². The quantitative estimate of drug-likeness (QED) is 0.751. The van der Waals surface area contributed by atoms with Crippen LogP contribution in [0.1, 0.15) is 5.56 Å². The van der Waals surface area contributed by atoms with Gasteiger partial charge < -0.3 is 9.47 Å². The van der Waals surface area contributed by atoms with Crippen LogP contribution in [-0.4, -0.2) is 19.2 Å². The first-order valence-corrected chi connectivity index (χ1v) is 4.73. The Morgan fingerprint density at radius 3 is 2.53 bits per heavy atom. The summed E-state index contributed by atoms with van der Waals surface area (Å²) in [6, 6.07) is 5.86. The van der Waals surface area contributed by atoms with Gasteiger partial charge in [-0.15, -0.1) is 0 Å². The predicted molar refractivity (Wildman–Crippen MR) is 59.6 cm³/mol. The largest absolute Gasteiger partial charge is 0.497 e. The van der Waals surface area contributed by atoms with E-state index in [1.165, 1.54) is 0 Å². The van der Waals surface area contributed by atoms with Crippen LogP contribution in [-0.2, 0) is 0 Å². The number of benzene rings is 1. The van der Waals surface area contributed by atoms with E-state index >= 15 is 0 Å². The Hall–Kier alpha value is -1.77. The van der Waals surface area contributed by atoms with E-state index in [-0.39, 0.29) is 0 Å². The van der Waals surface area contributed by atoms with Gasteiger partial charge in [-0.3, -0.25) is 4.98 Å². The fourth-order valence-electron chi connectivity index (χ4n) is 1.57. The molecule has 2 aromatic rings. The van der Waals surface area contributed by atoms with Crippen molar-refractivity contribution in [2.75, 3.05) is 14.2 Å². The van der Waals surface area contributed by atoms with Gasteiger partial charge >= 0.3 is 0 Å². The Balaban J connectivity index is 2.74. The van der Waals surface area contributed by atoms with Gasteiger partial charge in [-0.2, -0.15) is 0 Å². The van der Waals surface area contributed by atoms with Gasteiger partial charge in [0.15, 0.2) is 0 Å². The summed E-state index contributed by atoms with van der Waals surface area (Å²) in [5, 5.41) is 1.03. The summed E-state index contributed by atoms with van der Waals surface area (Å²) in [6.45, 7) is 2.01. The van der Waals surface area contributed by atoms with Gasteiger partial charge in [0.2, 0.25) is 0 Å². The molecule has 3 nitrogen and oxygen atoms in total. The molecule has 0 atom stereocenters. The number of ether oxygens (including phenoxy) is 2. The van der Waals surface area contributed by atoms with E-state index in [4.69, 9.17) is 9.47 Å². The number of aromatic nitrogens is 1. The second kappa shape index (κ2) is 3.77. The zero-order valence-corrected chi connectivity index (χ0v) is 9.07. The Morgan fingerprint density at radius 2 is 1.87 bits per heavy atom. The summed E-state index contributed by atoms with van der Waals surface area (Å²) in [4.78, 5) is 4.35. The van der Waals surface area contributed by atoms with Crippen LogP contribution in [0.15, 0.2) is 24.4 Å². The molecule has 0 bridgehead atoms. The summed E-state index contributed by atoms with van der Waals surface area (Å²) in [5.41, 5.74) is 1.99. The van der Waals surface area contributed by atoms with Crippen LogP contribution in [0, 0.1) is 6.92 Å². The van der Waals surface area contributed by atoms with Gasteiger partial charge in [-0.05, 0) is 24.6 Å². The maximum Gasteiger partial charge on any atom is 0.148 e. The van der Waals surface area contributed by atoms with Crippen molar-refractivity contribution in [1.29, 1.82) is 0 Å². The first-order chi connectivity index (χ1) is 7.24. The number of aryl methyl sites for hydroxylation is 1. The fraction of sp³-hybridized carbons (Fsp3) is 0.250. The molecule has 0 radical (unpaired) electrons. The maximum atomic E-state index is 5.27. The molecule has 0 N–H and O–H groups in total. The Morgan fingerprint density at radius 1 is 1.07 bits per heavy atom. The van der Waals surface area contributed by atoms with Crippen molar-refractivity contribution in [3.63, 3.8) is 0 Å².